The van der Waals surface area contributed by atoms with Gasteiger partial charge in [-0.2, -0.15) is 0 Å². The van der Waals surface area contributed by atoms with Crippen LogP contribution in [0.4, 0.5) is 0 Å². The minimum Gasteiger partial charge on any atom is -0.465 e. The summed E-state index contributed by atoms with van der Waals surface area (Å²) in [5, 5.41) is 11.4. The van der Waals surface area contributed by atoms with Crippen LogP contribution in [0, 0.1) is 13.8 Å². The summed E-state index contributed by atoms with van der Waals surface area (Å²) in [6, 6.07) is 6.79. The molecule has 1 aromatic carbocycles. The van der Waals surface area contributed by atoms with Crippen LogP contribution in [-0.4, -0.2) is 27.7 Å². The molecule has 1 N–H and O–H groups in total. The number of methoxy groups -OCH3 is 1. The molecule has 1 unspecified atom stereocenters. The van der Waals surface area contributed by atoms with Crippen LogP contribution in [0.2, 0.25) is 5.02 Å². The minimum atomic E-state index is -0.887. The normalized spacial score (nSPS) is 12.3. The molecule has 136 valence electrons. The molecule has 0 aliphatic carbocycles. The number of fused-ring (bicyclic) bond motifs is 1. The molecule has 26 heavy (non-hydrogen) atoms. The molecule has 8 heteroatoms. The minimum absolute atomic E-state index is 0.0537. The van der Waals surface area contributed by atoms with Crippen LogP contribution in [0.3, 0.4) is 0 Å². The van der Waals surface area contributed by atoms with Crippen molar-refractivity contribution in [2.24, 2.45) is 0 Å². The van der Waals surface area contributed by atoms with Crippen LogP contribution in [0.5, 0.6) is 0 Å². The summed E-state index contributed by atoms with van der Waals surface area (Å²) < 4.78 is 6.18. The Balaban J connectivity index is 2.06. The van der Waals surface area contributed by atoms with Crippen molar-refractivity contribution in [3.05, 3.63) is 61.5 Å². The summed E-state index contributed by atoms with van der Waals surface area (Å²) in [5.74, 6) is -0.0246. The number of hydrogen-bond acceptors (Lipinski definition) is 6. The lowest BCUT2D eigenvalue weighted by Gasteiger charge is -2.15. The third-order valence-corrected chi connectivity index (χ3v) is 5.64. The van der Waals surface area contributed by atoms with Gasteiger partial charge in [-0.15, -0.1) is 11.3 Å². The summed E-state index contributed by atoms with van der Waals surface area (Å²) in [6.45, 7) is 3.45. The zero-order valence-electron chi connectivity index (χ0n) is 14.4. The molecule has 3 aromatic rings. The van der Waals surface area contributed by atoms with E-state index in [-0.39, 0.29) is 12.1 Å². The fourth-order valence-corrected chi connectivity index (χ4v) is 4.05. The maximum atomic E-state index is 13.0. The molecule has 0 fully saturated rings. The molecule has 2 aromatic heterocycles. The third kappa shape index (κ3) is 3.25. The molecule has 0 saturated heterocycles. The van der Waals surface area contributed by atoms with E-state index in [0.29, 0.717) is 37.1 Å². The van der Waals surface area contributed by atoms with Gasteiger partial charge in [-0.3, -0.25) is 9.36 Å². The van der Waals surface area contributed by atoms with Crippen molar-refractivity contribution in [3.8, 4) is 0 Å². The SMILES string of the molecule is COC(=O)c1sc2nc(C)n(CC(O)c3ccc(Cl)cc3)c(=O)c2c1C. The molecule has 0 aliphatic heterocycles. The monoisotopic (exact) mass is 392 g/mol. The number of esters is 1. The average Bonchev–Trinajstić information content (AvgIpc) is 2.94. The largest absolute Gasteiger partial charge is 0.465 e. The maximum Gasteiger partial charge on any atom is 0.348 e. The maximum absolute atomic E-state index is 13.0. The summed E-state index contributed by atoms with van der Waals surface area (Å²) >= 11 is 7.00. The molecule has 0 saturated carbocycles. The van der Waals surface area contributed by atoms with E-state index >= 15 is 0 Å². The van der Waals surface area contributed by atoms with Gasteiger partial charge in [-0.25, -0.2) is 9.78 Å². The molecule has 0 spiro atoms. The molecule has 0 radical (unpaired) electrons. The topological polar surface area (TPSA) is 81.4 Å². The molecule has 6 nitrogen and oxygen atoms in total. The number of hydrogen-bond donors (Lipinski definition) is 1. The lowest BCUT2D eigenvalue weighted by Crippen LogP contribution is -2.26. The number of halogens is 1. The van der Waals surface area contributed by atoms with Gasteiger partial charge >= 0.3 is 5.97 Å². The van der Waals surface area contributed by atoms with Crippen molar-refractivity contribution in [1.82, 2.24) is 9.55 Å². The Bertz CT molecular complexity index is 1040. The quantitative estimate of drug-likeness (QED) is 0.689. The highest BCUT2D eigenvalue weighted by atomic mass is 35.5. The van der Waals surface area contributed by atoms with E-state index < -0.39 is 12.1 Å². The molecular weight excluding hydrogens is 376 g/mol. The summed E-state index contributed by atoms with van der Waals surface area (Å²) in [6.07, 6.45) is -0.887. The van der Waals surface area contributed by atoms with Gasteiger partial charge in [-0.1, -0.05) is 23.7 Å². The highest BCUT2D eigenvalue weighted by Crippen LogP contribution is 2.28. The van der Waals surface area contributed by atoms with E-state index in [1.54, 1.807) is 38.1 Å². The van der Waals surface area contributed by atoms with Crippen molar-refractivity contribution >= 4 is 39.1 Å². The number of rotatable bonds is 4. The first-order valence-corrected chi connectivity index (χ1v) is 9.05. The lowest BCUT2D eigenvalue weighted by molar-refractivity contribution is 0.0605. The molecular formula is C18H17ClN2O4S. The lowest BCUT2D eigenvalue weighted by atomic mass is 10.1. The van der Waals surface area contributed by atoms with Gasteiger partial charge in [0.25, 0.3) is 5.56 Å². The van der Waals surface area contributed by atoms with Gasteiger partial charge in [0.2, 0.25) is 0 Å². The molecule has 0 aliphatic rings. The number of ether oxygens (including phenoxy) is 1. The number of carbonyl (C=O) groups excluding carboxylic acids is 1. The highest BCUT2D eigenvalue weighted by molar-refractivity contribution is 7.20. The molecule has 0 bridgehead atoms. The fraction of sp³-hybridized carbons (Fsp3) is 0.278. The van der Waals surface area contributed by atoms with Crippen molar-refractivity contribution in [2.45, 2.75) is 26.5 Å². The Kier molecular flexibility index (Phi) is 5.13. The third-order valence-electron chi connectivity index (χ3n) is 4.22. The molecule has 0 amide bonds. The average molecular weight is 393 g/mol. The van der Waals surface area contributed by atoms with E-state index in [2.05, 4.69) is 4.98 Å². The van der Waals surface area contributed by atoms with Gasteiger partial charge < -0.3 is 9.84 Å². The van der Waals surface area contributed by atoms with Crippen LogP contribution < -0.4 is 5.56 Å². The number of aliphatic hydroxyl groups is 1. The van der Waals surface area contributed by atoms with E-state index in [9.17, 15) is 14.7 Å². The number of carbonyl (C=O) groups is 1. The molecule has 1 atom stereocenters. The van der Waals surface area contributed by atoms with Crippen LogP contribution in [0.25, 0.3) is 10.2 Å². The standard InChI is InChI=1S/C18H17ClN2O4S/c1-9-14-16(26-15(9)18(24)25-3)20-10(2)21(17(14)23)8-13(22)11-4-6-12(19)7-5-11/h4-7,13,22H,8H2,1-3H3. The van der Waals surface area contributed by atoms with Crippen molar-refractivity contribution in [2.75, 3.05) is 7.11 Å². The zero-order chi connectivity index (χ0) is 19.0. The first-order valence-electron chi connectivity index (χ1n) is 7.85. The van der Waals surface area contributed by atoms with Crippen molar-refractivity contribution < 1.29 is 14.6 Å². The zero-order valence-corrected chi connectivity index (χ0v) is 16.0. The number of benzene rings is 1. The first kappa shape index (κ1) is 18.6. The van der Waals surface area contributed by atoms with Gasteiger partial charge in [-0.05, 0) is 37.1 Å². The van der Waals surface area contributed by atoms with Crippen LogP contribution in [0.1, 0.15) is 32.7 Å². The smallest absolute Gasteiger partial charge is 0.348 e. The van der Waals surface area contributed by atoms with Gasteiger partial charge in [0.1, 0.15) is 15.5 Å². The second kappa shape index (κ2) is 7.19. The Labute approximate surface area is 158 Å². The first-order chi connectivity index (χ1) is 12.3. The fourth-order valence-electron chi connectivity index (χ4n) is 2.78. The summed E-state index contributed by atoms with van der Waals surface area (Å²) in [5.41, 5.74) is 0.909. The van der Waals surface area contributed by atoms with Crippen molar-refractivity contribution in [3.63, 3.8) is 0 Å². The Morgan fingerprint density at radius 1 is 1.35 bits per heavy atom. The van der Waals surface area contributed by atoms with Crippen LogP contribution >= 0.6 is 22.9 Å². The number of aryl methyl sites for hydroxylation is 2. The summed E-state index contributed by atoms with van der Waals surface area (Å²) in [4.78, 5) is 30.1. The second-order valence-corrected chi connectivity index (χ2v) is 7.31. The predicted octanol–water partition coefficient (Wildman–Crippen LogP) is 3.25. The number of aliphatic hydroxyl groups excluding tert-OH is 1. The van der Waals surface area contributed by atoms with Crippen LogP contribution in [0.15, 0.2) is 29.1 Å². The number of aromatic nitrogens is 2. The van der Waals surface area contributed by atoms with E-state index in [1.807, 2.05) is 0 Å². The van der Waals surface area contributed by atoms with Gasteiger partial charge in [0, 0.05) is 5.02 Å². The van der Waals surface area contributed by atoms with E-state index in [0.717, 1.165) is 11.3 Å². The Morgan fingerprint density at radius 3 is 2.62 bits per heavy atom. The number of nitrogens with zero attached hydrogens (tertiary/aromatic N) is 2. The van der Waals surface area contributed by atoms with Crippen LogP contribution in [-0.2, 0) is 11.3 Å². The Morgan fingerprint density at radius 2 is 2.00 bits per heavy atom. The van der Waals surface area contributed by atoms with Gasteiger partial charge in [0.05, 0.1) is 25.1 Å². The molecule has 3 rings (SSSR count). The van der Waals surface area contributed by atoms with Crippen molar-refractivity contribution in [1.29, 1.82) is 0 Å². The van der Waals surface area contributed by atoms with E-state index in [1.165, 1.54) is 11.7 Å². The Hall–Kier alpha value is -2.22. The summed E-state index contributed by atoms with van der Waals surface area (Å²) in [7, 11) is 1.30. The second-order valence-electron chi connectivity index (χ2n) is 5.87. The van der Waals surface area contributed by atoms with E-state index in [4.69, 9.17) is 16.3 Å². The highest BCUT2D eigenvalue weighted by Gasteiger charge is 2.22. The van der Waals surface area contributed by atoms with Gasteiger partial charge in [0.15, 0.2) is 0 Å². The predicted molar refractivity (Wildman–Crippen MR) is 101 cm³/mol. The molecule has 2 heterocycles. The number of thiophene rings is 1.